The fourth-order valence-corrected chi connectivity index (χ4v) is 0.990. The van der Waals surface area contributed by atoms with Gasteiger partial charge in [0.05, 0.1) is 0 Å². The SMILES string of the molecule is CCCC(=O)N[C@H](C)C(=O)OC(C)(C)C. The molecular formula is C11H21NO3. The third-order valence-electron chi connectivity index (χ3n) is 1.61. The lowest BCUT2D eigenvalue weighted by Crippen LogP contribution is -2.42. The lowest BCUT2D eigenvalue weighted by atomic mass is 10.2. The fraction of sp³-hybridized carbons (Fsp3) is 0.818. The van der Waals surface area contributed by atoms with Gasteiger partial charge in [0, 0.05) is 6.42 Å². The summed E-state index contributed by atoms with van der Waals surface area (Å²) in [5, 5.41) is 2.59. The Balaban J connectivity index is 4.05. The zero-order valence-electron chi connectivity index (χ0n) is 10.2. The zero-order valence-corrected chi connectivity index (χ0v) is 10.2. The van der Waals surface area contributed by atoms with E-state index < -0.39 is 17.6 Å². The van der Waals surface area contributed by atoms with Gasteiger partial charge in [-0.1, -0.05) is 6.92 Å². The van der Waals surface area contributed by atoms with Crippen LogP contribution in [0.15, 0.2) is 0 Å². The maximum atomic E-state index is 11.5. The highest BCUT2D eigenvalue weighted by Crippen LogP contribution is 2.08. The number of hydrogen-bond acceptors (Lipinski definition) is 3. The lowest BCUT2D eigenvalue weighted by Gasteiger charge is -2.22. The van der Waals surface area contributed by atoms with Gasteiger partial charge in [-0.2, -0.15) is 0 Å². The summed E-state index contributed by atoms with van der Waals surface area (Å²) in [6.45, 7) is 8.93. The van der Waals surface area contributed by atoms with Gasteiger partial charge in [0.15, 0.2) is 0 Å². The molecule has 1 N–H and O–H groups in total. The summed E-state index contributed by atoms with van der Waals surface area (Å²) in [5.41, 5.74) is -0.513. The Morgan fingerprint density at radius 2 is 1.87 bits per heavy atom. The van der Waals surface area contributed by atoms with Crippen molar-refractivity contribution in [2.45, 2.75) is 59.1 Å². The van der Waals surface area contributed by atoms with E-state index in [1.54, 1.807) is 27.7 Å². The Bertz CT molecular complexity index is 230. The molecule has 4 heteroatoms. The van der Waals surface area contributed by atoms with Crippen molar-refractivity contribution in [1.29, 1.82) is 0 Å². The van der Waals surface area contributed by atoms with Crippen LogP contribution >= 0.6 is 0 Å². The smallest absolute Gasteiger partial charge is 0.328 e. The fourth-order valence-electron chi connectivity index (χ4n) is 0.990. The van der Waals surface area contributed by atoms with E-state index in [2.05, 4.69) is 5.32 Å². The predicted octanol–water partition coefficient (Wildman–Crippen LogP) is 1.63. The Labute approximate surface area is 91.4 Å². The van der Waals surface area contributed by atoms with Gasteiger partial charge >= 0.3 is 5.97 Å². The number of carbonyl (C=O) groups excluding carboxylic acids is 2. The third-order valence-corrected chi connectivity index (χ3v) is 1.61. The van der Waals surface area contributed by atoms with E-state index in [0.717, 1.165) is 6.42 Å². The normalized spacial score (nSPS) is 13.1. The molecule has 0 rings (SSSR count). The minimum absolute atomic E-state index is 0.115. The van der Waals surface area contributed by atoms with Crippen molar-refractivity contribution in [3.05, 3.63) is 0 Å². The molecule has 0 aromatic rings. The Morgan fingerprint density at radius 3 is 2.27 bits per heavy atom. The van der Waals surface area contributed by atoms with Gasteiger partial charge in [-0.15, -0.1) is 0 Å². The number of nitrogens with one attached hydrogen (secondary N) is 1. The Morgan fingerprint density at radius 1 is 1.33 bits per heavy atom. The second-order valence-corrected chi connectivity index (χ2v) is 4.57. The van der Waals surface area contributed by atoms with Crippen LogP contribution in [0.1, 0.15) is 47.5 Å². The molecule has 0 aromatic heterocycles. The second-order valence-electron chi connectivity index (χ2n) is 4.57. The van der Waals surface area contributed by atoms with Crippen LogP contribution in [0, 0.1) is 0 Å². The molecule has 0 aromatic carbocycles. The molecule has 0 bridgehead atoms. The van der Waals surface area contributed by atoms with Crippen LogP contribution in [0.4, 0.5) is 0 Å². The standard InChI is InChI=1S/C11H21NO3/c1-6-7-9(13)12-8(2)10(14)15-11(3,4)5/h8H,6-7H2,1-5H3,(H,12,13)/t8-/m1/s1. The van der Waals surface area contributed by atoms with Crippen molar-refractivity contribution in [2.24, 2.45) is 0 Å². The van der Waals surface area contributed by atoms with Crippen LogP contribution in [0.5, 0.6) is 0 Å². The first-order valence-corrected chi connectivity index (χ1v) is 5.28. The number of hydrogen-bond donors (Lipinski definition) is 1. The number of ether oxygens (including phenoxy) is 1. The van der Waals surface area contributed by atoms with Gasteiger partial charge in [0.2, 0.25) is 5.91 Å². The van der Waals surface area contributed by atoms with Crippen LogP contribution in [-0.2, 0) is 14.3 Å². The van der Waals surface area contributed by atoms with Gasteiger partial charge in [0.1, 0.15) is 11.6 Å². The summed E-state index contributed by atoms with van der Waals surface area (Å²) in [5.74, 6) is -0.511. The molecule has 0 saturated carbocycles. The number of amides is 1. The van der Waals surface area contributed by atoms with Gasteiger partial charge in [0.25, 0.3) is 0 Å². The van der Waals surface area contributed by atoms with Crippen molar-refractivity contribution >= 4 is 11.9 Å². The molecule has 0 fully saturated rings. The first kappa shape index (κ1) is 13.9. The van der Waals surface area contributed by atoms with Crippen molar-refractivity contribution < 1.29 is 14.3 Å². The number of esters is 1. The van der Waals surface area contributed by atoms with Gasteiger partial charge in [-0.25, -0.2) is 4.79 Å². The molecule has 0 unspecified atom stereocenters. The first-order chi connectivity index (χ1) is 6.76. The predicted molar refractivity (Wildman–Crippen MR) is 58.4 cm³/mol. The van der Waals surface area contributed by atoms with Crippen molar-refractivity contribution in [2.75, 3.05) is 0 Å². The molecule has 1 atom stereocenters. The highest BCUT2D eigenvalue weighted by molar-refractivity contribution is 5.84. The molecule has 0 saturated heterocycles. The monoisotopic (exact) mass is 215 g/mol. The summed E-state index contributed by atoms with van der Waals surface area (Å²) in [6, 6.07) is -0.580. The van der Waals surface area contributed by atoms with Crippen LogP contribution < -0.4 is 5.32 Å². The summed E-state index contributed by atoms with van der Waals surface area (Å²) in [4.78, 5) is 22.7. The van der Waals surface area contributed by atoms with E-state index in [1.807, 2.05) is 6.92 Å². The number of carbonyl (C=O) groups is 2. The summed E-state index contributed by atoms with van der Waals surface area (Å²) < 4.78 is 5.12. The molecule has 4 nitrogen and oxygen atoms in total. The second kappa shape index (κ2) is 5.73. The molecular weight excluding hydrogens is 194 g/mol. The van der Waals surface area contributed by atoms with Crippen molar-refractivity contribution in [3.8, 4) is 0 Å². The zero-order chi connectivity index (χ0) is 12.1. The highest BCUT2D eigenvalue weighted by Gasteiger charge is 2.22. The molecule has 1 amide bonds. The van der Waals surface area contributed by atoms with Crippen LogP contribution in [0.3, 0.4) is 0 Å². The van der Waals surface area contributed by atoms with Crippen LogP contribution in [-0.4, -0.2) is 23.5 Å². The third kappa shape index (κ3) is 6.94. The average Bonchev–Trinajstić information content (AvgIpc) is 2.00. The van der Waals surface area contributed by atoms with Crippen molar-refractivity contribution in [1.82, 2.24) is 5.32 Å². The largest absolute Gasteiger partial charge is 0.458 e. The van der Waals surface area contributed by atoms with E-state index in [9.17, 15) is 9.59 Å². The minimum Gasteiger partial charge on any atom is -0.458 e. The maximum absolute atomic E-state index is 11.5. The summed E-state index contributed by atoms with van der Waals surface area (Å²) in [7, 11) is 0. The van der Waals surface area contributed by atoms with Crippen LogP contribution in [0.2, 0.25) is 0 Å². The van der Waals surface area contributed by atoms with E-state index in [-0.39, 0.29) is 5.91 Å². The minimum atomic E-state index is -0.580. The Kier molecular flexibility index (Phi) is 5.33. The molecule has 15 heavy (non-hydrogen) atoms. The van der Waals surface area contributed by atoms with Crippen molar-refractivity contribution in [3.63, 3.8) is 0 Å². The molecule has 0 aliphatic heterocycles. The molecule has 88 valence electrons. The molecule has 0 spiro atoms. The molecule has 0 radical (unpaired) electrons. The van der Waals surface area contributed by atoms with E-state index in [1.165, 1.54) is 0 Å². The molecule has 0 heterocycles. The molecule has 0 aliphatic carbocycles. The van der Waals surface area contributed by atoms with Gasteiger partial charge < -0.3 is 10.1 Å². The quantitative estimate of drug-likeness (QED) is 0.725. The maximum Gasteiger partial charge on any atom is 0.328 e. The summed E-state index contributed by atoms with van der Waals surface area (Å²) in [6.07, 6.45) is 1.21. The first-order valence-electron chi connectivity index (χ1n) is 5.28. The van der Waals surface area contributed by atoms with Gasteiger partial charge in [-0.3, -0.25) is 4.79 Å². The van der Waals surface area contributed by atoms with Crippen LogP contribution in [0.25, 0.3) is 0 Å². The number of rotatable bonds is 4. The van der Waals surface area contributed by atoms with Gasteiger partial charge in [-0.05, 0) is 34.1 Å². The lowest BCUT2D eigenvalue weighted by molar-refractivity contribution is -0.158. The average molecular weight is 215 g/mol. The molecule has 0 aliphatic rings. The van der Waals surface area contributed by atoms with E-state index in [0.29, 0.717) is 6.42 Å². The summed E-state index contributed by atoms with van der Waals surface area (Å²) >= 11 is 0. The topological polar surface area (TPSA) is 55.4 Å². The Hall–Kier alpha value is -1.06. The van der Waals surface area contributed by atoms with E-state index >= 15 is 0 Å². The highest BCUT2D eigenvalue weighted by atomic mass is 16.6. The van der Waals surface area contributed by atoms with E-state index in [4.69, 9.17) is 4.74 Å².